The standard InChI is InChI=1S/C16H13N3O2/c17-9-13-14(20)5-8-19(15(13)21)12-3-1-11(2-4-12)16(10-18)6-7-16/h1-4,20H,5-8H2. The molecule has 3 rings (SSSR count). The van der Waals surface area contributed by atoms with E-state index in [9.17, 15) is 15.2 Å². The number of hydrogen-bond donors (Lipinski definition) is 1. The van der Waals surface area contributed by atoms with Gasteiger partial charge in [-0.25, -0.2) is 0 Å². The normalized spacial score (nSPS) is 19.9. The summed E-state index contributed by atoms with van der Waals surface area (Å²) in [5, 5.41) is 27.7. The number of benzene rings is 1. The average Bonchev–Trinajstić information content (AvgIpc) is 3.29. The number of nitrogens with zero attached hydrogens (tertiary/aromatic N) is 3. The summed E-state index contributed by atoms with van der Waals surface area (Å²) in [6, 6.07) is 11.4. The number of nitriles is 2. The first-order chi connectivity index (χ1) is 10.1. The fourth-order valence-corrected chi connectivity index (χ4v) is 2.61. The van der Waals surface area contributed by atoms with Gasteiger partial charge in [0.1, 0.15) is 11.8 Å². The van der Waals surface area contributed by atoms with E-state index in [4.69, 9.17) is 5.26 Å². The van der Waals surface area contributed by atoms with Gasteiger partial charge in [-0.3, -0.25) is 4.79 Å². The van der Waals surface area contributed by atoms with Crippen LogP contribution in [0.3, 0.4) is 0 Å². The van der Waals surface area contributed by atoms with Crippen molar-refractivity contribution in [3.63, 3.8) is 0 Å². The third kappa shape index (κ3) is 2.04. The Labute approximate surface area is 122 Å². The molecule has 0 saturated heterocycles. The smallest absolute Gasteiger partial charge is 0.272 e. The Morgan fingerprint density at radius 2 is 1.86 bits per heavy atom. The molecular formula is C16H13N3O2. The van der Waals surface area contributed by atoms with E-state index < -0.39 is 5.91 Å². The third-order valence-corrected chi connectivity index (χ3v) is 4.13. The van der Waals surface area contributed by atoms with Gasteiger partial charge < -0.3 is 10.0 Å². The molecule has 1 heterocycles. The van der Waals surface area contributed by atoms with Gasteiger partial charge in [-0.1, -0.05) is 12.1 Å². The largest absolute Gasteiger partial charge is 0.511 e. The molecule has 0 aromatic heterocycles. The molecule has 0 atom stereocenters. The number of carbonyl (C=O) groups excluding carboxylic acids is 1. The van der Waals surface area contributed by atoms with Crippen molar-refractivity contribution in [3.8, 4) is 12.1 Å². The predicted molar refractivity (Wildman–Crippen MR) is 75.2 cm³/mol. The second-order valence-corrected chi connectivity index (χ2v) is 5.38. The molecule has 1 amide bonds. The molecule has 1 aliphatic heterocycles. The Hall–Kier alpha value is -2.79. The number of hydrogen-bond acceptors (Lipinski definition) is 4. The first kappa shape index (κ1) is 13.2. The van der Waals surface area contributed by atoms with Crippen LogP contribution in [0.5, 0.6) is 0 Å². The van der Waals surface area contributed by atoms with Crippen LogP contribution in [-0.4, -0.2) is 17.6 Å². The summed E-state index contributed by atoms with van der Waals surface area (Å²) in [5.41, 5.74) is 1.11. The van der Waals surface area contributed by atoms with Gasteiger partial charge in [-0.15, -0.1) is 0 Å². The second-order valence-electron chi connectivity index (χ2n) is 5.38. The van der Waals surface area contributed by atoms with E-state index in [-0.39, 0.29) is 23.2 Å². The number of rotatable bonds is 2. The lowest BCUT2D eigenvalue weighted by Gasteiger charge is -2.26. The summed E-state index contributed by atoms with van der Waals surface area (Å²) < 4.78 is 0. The van der Waals surface area contributed by atoms with Crippen molar-refractivity contribution in [3.05, 3.63) is 41.2 Å². The van der Waals surface area contributed by atoms with Gasteiger partial charge >= 0.3 is 0 Å². The Balaban J connectivity index is 1.88. The summed E-state index contributed by atoms with van der Waals surface area (Å²) in [6.07, 6.45) is 2.03. The molecule has 21 heavy (non-hydrogen) atoms. The molecule has 1 aromatic rings. The third-order valence-electron chi connectivity index (χ3n) is 4.13. The summed E-state index contributed by atoms with van der Waals surface area (Å²) >= 11 is 0. The van der Waals surface area contributed by atoms with Crippen LogP contribution in [0.15, 0.2) is 35.6 Å². The number of anilines is 1. The minimum Gasteiger partial charge on any atom is -0.511 e. The lowest BCUT2D eigenvalue weighted by atomic mass is 9.97. The maximum atomic E-state index is 12.2. The van der Waals surface area contributed by atoms with Crippen LogP contribution in [0, 0.1) is 22.7 Å². The molecule has 104 valence electrons. The molecule has 0 spiro atoms. The molecule has 2 aliphatic rings. The highest BCUT2D eigenvalue weighted by Gasteiger charge is 2.44. The van der Waals surface area contributed by atoms with Gasteiger partial charge in [0.2, 0.25) is 0 Å². The molecule has 1 aromatic carbocycles. The zero-order valence-corrected chi connectivity index (χ0v) is 11.3. The van der Waals surface area contributed by atoms with E-state index in [2.05, 4.69) is 6.07 Å². The molecule has 1 N–H and O–H groups in total. The van der Waals surface area contributed by atoms with E-state index in [1.165, 1.54) is 4.90 Å². The molecular weight excluding hydrogens is 266 g/mol. The van der Waals surface area contributed by atoms with Crippen molar-refractivity contribution in [2.45, 2.75) is 24.7 Å². The van der Waals surface area contributed by atoms with Crippen LogP contribution < -0.4 is 4.90 Å². The van der Waals surface area contributed by atoms with Crippen molar-refractivity contribution < 1.29 is 9.90 Å². The summed E-state index contributed by atoms with van der Waals surface area (Å²) in [7, 11) is 0. The van der Waals surface area contributed by atoms with Gasteiger partial charge in [0, 0.05) is 18.7 Å². The average molecular weight is 279 g/mol. The molecule has 5 nitrogen and oxygen atoms in total. The van der Waals surface area contributed by atoms with E-state index >= 15 is 0 Å². The fraction of sp³-hybridized carbons (Fsp3) is 0.312. The van der Waals surface area contributed by atoms with Crippen LogP contribution in [-0.2, 0) is 10.2 Å². The van der Waals surface area contributed by atoms with Crippen LogP contribution in [0.25, 0.3) is 0 Å². The first-order valence-corrected chi connectivity index (χ1v) is 6.77. The van der Waals surface area contributed by atoms with Crippen molar-refractivity contribution in [1.82, 2.24) is 0 Å². The molecule has 0 unspecified atom stereocenters. The number of carbonyl (C=O) groups is 1. The van der Waals surface area contributed by atoms with Crippen molar-refractivity contribution in [2.75, 3.05) is 11.4 Å². The summed E-state index contributed by atoms with van der Waals surface area (Å²) in [6.45, 7) is 0.346. The van der Waals surface area contributed by atoms with Crippen molar-refractivity contribution >= 4 is 11.6 Å². The van der Waals surface area contributed by atoms with Crippen LogP contribution in [0.4, 0.5) is 5.69 Å². The number of amides is 1. The predicted octanol–water partition coefficient (Wildman–Crippen LogP) is 2.31. The number of aliphatic hydroxyl groups is 1. The Morgan fingerprint density at radius 1 is 1.19 bits per heavy atom. The van der Waals surface area contributed by atoms with Gasteiger partial charge in [-0.2, -0.15) is 10.5 Å². The van der Waals surface area contributed by atoms with Gasteiger partial charge in [0.25, 0.3) is 5.91 Å². The van der Waals surface area contributed by atoms with E-state index in [0.29, 0.717) is 12.2 Å². The highest BCUT2D eigenvalue weighted by molar-refractivity contribution is 6.09. The molecule has 1 saturated carbocycles. The Morgan fingerprint density at radius 3 is 2.38 bits per heavy atom. The van der Waals surface area contributed by atoms with Crippen LogP contribution in [0.2, 0.25) is 0 Å². The lowest BCUT2D eigenvalue weighted by Crippen LogP contribution is -2.37. The lowest BCUT2D eigenvalue weighted by molar-refractivity contribution is -0.115. The minimum absolute atomic E-state index is 0.142. The van der Waals surface area contributed by atoms with Gasteiger partial charge in [-0.05, 0) is 30.5 Å². The quantitative estimate of drug-likeness (QED) is 0.899. The monoisotopic (exact) mass is 279 g/mol. The molecule has 1 fully saturated rings. The topological polar surface area (TPSA) is 88.1 Å². The van der Waals surface area contributed by atoms with Gasteiger partial charge in [0.05, 0.1) is 11.5 Å². The van der Waals surface area contributed by atoms with Crippen LogP contribution >= 0.6 is 0 Å². The minimum atomic E-state index is -0.476. The van der Waals surface area contributed by atoms with E-state index in [1.54, 1.807) is 18.2 Å². The molecule has 1 aliphatic carbocycles. The molecule has 0 radical (unpaired) electrons. The SMILES string of the molecule is N#CC1=C(O)CCN(c2ccc(C3(C#N)CC3)cc2)C1=O. The summed E-state index contributed by atoms with van der Waals surface area (Å²) in [4.78, 5) is 13.6. The number of aliphatic hydroxyl groups excluding tert-OH is 1. The highest BCUT2D eigenvalue weighted by atomic mass is 16.3. The maximum absolute atomic E-state index is 12.2. The fourth-order valence-electron chi connectivity index (χ4n) is 2.61. The van der Waals surface area contributed by atoms with Gasteiger partial charge in [0.15, 0.2) is 5.57 Å². The van der Waals surface area contributed by atoms with E-state index in [1.807, 2.05) is 12.1 Å². The maximum Gasteiger partial charge on any atom is 0.272 e. The highest BCUT2D eigenvalue weighted by Crippen LogP contribution is 2.47. The van der Waals surface area contributed by atoms with Crippen LogP contribution in [0.1, 0.15) is 24.8 Å². The van der Waals surface area contributed by atoms with Crippen molar-refractivity contribution in [2.24, 2.45) is 0 Å². The Bertz CT molecular complexity index is 715. The Kier molecular flexibility index (Phi) is 2.92. The molecule has 5 heteroatoms. The van der Waals surface area contributed by atoms with E-state index in [0.717, 1.165) is 18.4 Å². The zero-order valence-electron chi connectivity index (χ0n) is 11.3. The van der Waals surface area contributed by atoms with Crippen molar-refractivity contribution in [1.29, 1.82) is 10.5 Å². The first-order valence-electron chi connectivity index (χ1n) is 6.77. The summed E-state index contributed by atoms with van der Waals surface area (Å²) in [5.74, 6) is -0.618. The zero-order chi connectivity index (χ0) is 15.0. The molecule has 0 bridgehead atoms. The second kappa shape index (κ2) is 4.64.